The Morgan fingerprint density at radius 3 is 1.14 bits per heavy atom. The van der Waals surface area contributed by atoms with Crippen molar-refractivity contribution in [1.29, 1.82) is 0 Å². The molecule has 2 aromatic carbocycles. The summed E-state index contributed by atoms with van der Waals surface area (Å²) in [6, 6.07) is 8.44. The number of benzene rings is 2. The molecule has 0 atom stereocenters. The number of aromatic hydroxyl groups is 2. The highest BCUT2D eigenvalue weighted by molar-refractivity contribution is 5.48. The second-order valence-corrected chi connectivity index (χ2v) is 14.7. The molecule has 0 bridgehead atoms. The highest BCUT2D eigenvalue weighted by atomic mass is 16.3. The van der Waals surface area contributed by atoms with Crippen molar-refractivity contribution in [2.45, 2.75) is 125 Å². The fourth-order valence-electron chi connectivity index (χ4n) is 5.36. The summed E-state index contributed by atoms with van der Waals surface area (Å²) in [5, 5.41) is 22.2. The normalized spacial score (nSPS) is 13.6. The van der Waals surface area contributed by atoms with Gasteiger partial charge in [-0.15, -0.1) is 0 Å². The van der Waals surface area contributed by atoms with Crippen LogP contribution in [0.15, 0.2) is 24.3 Å². The Balaban J connectivity index is 2.26. The third-order valence-electron chi connectivity index (χ3n) is 8.03. The predicted octanol–water partition coefficient (Wildman–Crippen LogP) is 7.82. The largest absolute Gasteiger partial charge is 0.507 e. The molecule has 2 N–H and O–H groups in total. The van der Waals surface area contributed by atoms with Crippen LogP contribution in [0.2, 0.25) is 0 Å². The molecule has 0 heterocycles. The number of phenols is 2. The monoisotopic (exact) mass is 510 g/mol. The van der Waals surface area contributed by atoms with Crippen LogP contribution in [0.3, 0.4) is 0 Å². The summed E-state index contributed by atoms with van der Waals surface area (Å²) < 4.78 is 0. The van der Waals surface area contributed by atoms with E-state index >= 15 is 0 Å². The van der Waals surface area contributed by atoms with Gasteiger partial charge in [0, 0.05) is 35.3 Å². The first-order valence-electron chi connectivity index (χ1n) is 13.6. The van der Waals surface area contributed by atoms with Gasteiger partial charge in [0.05, 0.1) is 0 Å². The minimum atomic E-state index is -0.124. The first kappa shape index (κ1) is 31.2. The Morgan fingerprint density at radius 1 is 0.568 bits per heavy atom. The Hall–Kier alpha value is -2.04. The van der Waals surface area contributed by atoms with Crippen LogP contribution >= 0.6 is 0 Å². The Labute approximate surface area is 227 Å². The molecule has 208 valence electrons. The molecule has 2 aromatic rings. The van der Waals surface area contributed by atoms with Gasteiger partial charge in [-0.1, -0.05) is 76.9 Å². The van der Waals surface area contributed by atoms with Crippen LogP contribution in [0.4, 0.5) is 0 Å². The number of rotatable bonds is 8. The Bertz CT molecular complexity index is 1010. The molecule has 0 amide bonds. The van der Waals surface area contributed by atoms with E-state index < -0.39 is 0 Å². The molecule has 0 aliphatic carbocycles. The highest BCUT2D eigenvalue weighted by Crippen LogP contribution is 2.38. The minimum absolute atomic E-state index is 0.113. The molecule has 0 aliphatic rings. The summed E-state index contributed by atoms with van der Waals surface area (Å²) >= 11 is 0. The fourth-order valence-corrected chi connectivity index (χ4v) is 5.36. The number of aryl methyl sites for hydroxylation is 2. The molecule has 0 radical (unpaired) electrons. The van der Waals surface area contributed by atoms with E-state index in [1.54, 1.807) is 0 Å². The van der Waals surface area contributed by atoms with Crippen LogP contribution in [-0.4, -0.2) is 45.2 Å². The maximum atomic E-state index is 11.1. The van der Waals surface area contributed by atoms with Crippen LogP contribution < -0.4 is 0 Å². The van der Waals surface area contributed by atoms with Gasteiger partial charge in [-0.2, -0.15) is 0 Å². The van der Waals surface area contributed by atoms with Crippen molar-refractivity contribution >= 4 is 0 Å². The molecule has 4 nitrogen and oxygen atoms in total. The zero-order valence-corrected chi connectivity index (χ0v) is 26.2. The van der Waals surface area contributed by atoms with E-state index in [-0.39, 0.29) is 21.9 Å². The molecule has 0 aliphatic heterocycles. The first-order valence-corrected chi connectivity index (χ1v) is 13.6. The van der Waals surface area contributed by atoms with Gasteiger partial charge in [-0.25, -0.2) is 0 Å². The number of hydrogen-bond donors (Lipinski definition) is 2. The number of hydrogen-bond acceptors (Lipinski definition) is 4. The average Bonchev–Trinajstić information content (AvgIpc) is 2.70. The van der Waals surface area contributed by atoms with E-state index in [0.29, 0.717) is 24.6 Å². The predicted molar refractivity (Wildman–Crippen MR) is 159 cm³/mol. The van der Waals surface area contributed by atoms with Gasteiger partial charge < -0.3 is 10.2 Å². The van der Waals surface area contributed by atoms with Crippen molar-refractivity contribution in [3.05, 3.63) is 57.6 Å². The second kappa shape index (κ2) is 10.6. The summed E-state index contributed by atoms with van der Waals surface area (Å²) in [4.78, 5) is 4.71. The fraction of sp³-hybridized carbons (Fsp3) is 0.636. The Morgan fingerprint density at radius 2 is 0.865 bits per heavy atom. The van der Waals surface area contributed by atoms with Crippen molar-refractivity contribution in [1.82, 2.24) is 9.80 Å². The standard InChI is InChI=1S/C33H54N2O2/c1-22-15-24(28(36)26(17-22)30(3,4)5)19-34(13)32(9,10)21-33(11,12)35(14)20-25-16-23(2)18-27(29(25)37)31(6,7)8/h15-18,36-37H,19-21H2,1-14H3. The second-order valence-electron chi connectivity index (χ2n) is 14.7. The molecule has 0 spiro atoms. The lowest BCUT2D eigenvalue weighted by molar-refractivity contribution is 0.0482. The maximum absolute atomic E-state index is 11.1. The van der Waals surface area contributed by atoms with Crippen molar-refractivity contribution in [3.63, 3.8) is 0 Å². The lowest BCUT2D eigenvalue weighted by Gasteiger charge is -2.45. The molecule has 2 rings (SSSR count). The van der Waals surface area contributed by atoms with Crippen molar-refractivity contribution in [3.8, 4) is 11.5 Å². The minimum Gasteiger partial charge on any atom is -0.507 e. The average molecular weight is 511 g/mol. The van der Waals surface area contributed by atoms with E-state index in [1.165, 1.54) is 11.1 Å². The van der Waals surface area contributed by atoms with E-state index in [9.17, 15) is 10.2 Å². The highest BCUT2D eigenvalue weighted by Gasteiger charge is 2.35. The topological polar surface area (TPSA) is 46.9 Å². The molecule has 4 heteroatoms. The summed E-state index contributed by atoms with van der Waals surface area (Å²) in [5.74, 6) is 0.836. The summed E-state index contributed by atoms with van der Waals surface area (Å²) in [5.41, 5.74) is 5.84. The molecular weight excluding hydrogens is 456 g/mol. The molecule has 0 aromatic heterocycles. The third kappa shape index (κ3) is 7.51. The number of phenolic OH excluding ortho intramolecular Hbond substituents is 2. The number of nitrogens with zero attached hydrogens (tertiary/aromatic N) is 2. The van der Waals surface area contributed by atoms with E-state index in [2.05, 4.69) is 131 Å². The summed E-state index contributed by atoms with van der Waals surface area (Å²) in [7, 11) is 4.30. The van der Waals surface area contributed by atoms with Gasteiger partial charge in [-0.3, -0.25) is 9.80 Å². The Kier molecular flexibility index (Phi) is 8.94. The summed E-state index contributed by atoms with van der Waals surface area (Å²) in [6.45, 7) is 27.6. The van der Waals surface area contributed by atoms with Gasteiger partial charge in [0.1, 0.15) is 11.5 Å². The van der Waals surface area contributed by atoms with Crippen molar-refractivity contribution < 1.29 is 10.2 Å². The van der Waals surface area contributed by atoms with Gasteiger partial charge >= 0.3 is 0 Å². The molecular formula is C33H54N2O2. The maximum Gasteiger partial charge on any atom is 0.123 e. The van der Waals surface area contributed by atoms with Crippen LogP contribution in [0.5, 0.6) is 11.5 Å². The van der Waals surface area contributed by atoms with Crippen LogP contribution in [0.25, 0.3) is 0 Å². The zero-order valence-electron chi connectivity index (χ0n) is 26.2. The third-order valence-corrected chi connectivity index (χ3v) is 8.03. The quantitative estimate of drug-likeness (QED) is 0.380. The lowest BCUT2D eigenvalue weighted by atomic mass is 9.82. The van der Waals surface area contributed by atoms with Gasteiger partial charge in [-0.05, 0) is 84.0 Å². The van der Waals surface area contributed by atoms with E-state index in [1.807, 2.05) is 0 Å². The van der Waals surface area contributed by atoms with Crippen molar-refractivity contribution in [2.24, 2.45) is 0 Å². The van der Waals surface area contributed by atoms with Gasteiger partial charge in [0.15, 0.2) is 0 Å². The van der Waals surface area contributed by atoms with Crippen LogP contribution in [0, 0.1) is 13.8 Å². The molecule has 0 saturated heterocycles. The lowest BCUT2D eigenvalue weighted by Crippen LogP contribution is -2.51. The SMILES string of the molecule is Cc1cc(CN(C)C(C)(C)CC(C)(C)N(C)Cc2cc(C)cc(C(C)(C)C)c2O)c(O)c(C(C)(C)C)c1. The van der Waals surface area contributed by atoms with E-state index in [4.69, 9.17) is 0 Å². The van der Waals surface area contributed by atoms with Gasteiger partial charge in [0.25, 0.3) is 0 Å². The van der Waals surface area contributed by atoms with E-state index in [0.717, 1.165) is 28.7 Å². The van der Waals surface area contributed by atoms with Gasteiger partial charge in [0.2, 0.25) is 0 Å². The van der Waals surface area contributed by atoms with Crippen molar-refractivity contribution in [2.75, 3.05) is 14.1 Å². The molecule has 0 unspecified atom stereocenters. The molecule has 37 heavy (non-hydrogen) atoms. The first-order chi connectivity index (χ1) is 16.6. The molecule has 0 fully saturated rings. The van der Waals surface area contributed by atoms with Crippen LogP contribution in [-0.2, 0) is 23.9 Å². The molecule has 0 saturated carbocycles. The zero-order chi connectivity index (χ0) is 28.7. The summed E-state index contributed by atoms with van der Waals surface area (Å²) in [6.07, 6.45) is 0.921. The smallest absolute Gasteiger partial charge is 0.123 e. The van der Waals surface area contributed by atoms with Crippen LogP contribution in [0.1, 0.15) is 109 Å².